The first-order chi connectivity index (χ1) is 8.22. The molecule has 0 radical (unpaired) electrons. The van der Waals surface area contributed by atoms with Crippen molar-refractivity contribution in [1.82, 2.24) is 9.55 Å². The monoisotopic (exact) mass is 293 g/mol. The van der Waals surface area contributed by atoms with Crippen molar-refractivity contribution in [3.8, 4) is 5.69 Å². The third kappa shape index (κ3) is 2.69. The molecule has 0 saturated carbocycles. The fraction of sp³-hybridized carbons (Fsp3) is 0.308. The first kappa shape index (κ1) is 12.2. The standard InChI is InChI=1S/C13H16BrN3/c1-3-6-15-13-16-7-8-17(13)11-4-5-12(14)10(2)9-11/h4-5,7-9H,3,6H2,1-2H3,(H,15,16). The molecule has 2 rings (SSSR count). The van der Waals surface area contributed by atoms with Crippen LogP contribution in [0.5, 0.6) is 0 Å². The van der Waals surface area contributed by atoms with Gasteiger partial charge in [-0.15, -0.1) is 0 Å². The second-order valence-corrected chi connectivity index (χ2v) is 4.84. The van der Waals surface area contributed by atoms with Gasteiger partial charge < -0.3 is 5.32 Å². The molecule has 0 aliphatic rings. The maximum atomic E-state index is 4.32. The molecule has 1 N–H and O–H groups in total. The number of hydrogen-bond donors (Lipinski definition) is 1. The molecule has 0 aliphatic carbocycles. The molecule has 2 aromatic rings. The van der Waals surface area contributed by atoms with Gasteiger partial charge in [0, 0.05) is 29.1 Å². The molecule has 0 aliphatic heterocycles. The zero-order valence-electron chi connectivity index (χ0n) is 10.1. The first-order valence-electron chi connectivity index (χ1n) is 5.76. The number of rotatable bonds is 4. The molecule has 1 aromatic heterocycles. The van der Waals surface area contributed by atoms with E-state index in [1.54, 1.807) is 0 Å². The normalized spacial score (nSPS) is 10.5. The lowest BCUT2D eigenvalue weighted by Gasteiger charge is -2.10. The number of anilines is 1. The van der Waals surface area contributed by atoms with Crippen LogP contribution in [-0.4, -0.2) is 16.1 Å². The second kappa shape index (κ2) is 5.36. The minimum Gasteiger partial charge on any atom is -0.355 e. The number of aryl methyl sites for hydroxylation is 1. The van der Waals surface area contributed by atoms with Crippen LogP contribution in [0.3, 0.4) is 0 Å². The second-order valence-electron chi connectivity index (χ2n) is 3.98. The molecular formula is C13H16BrN3. The minimum absolute atomic E-state index is 0.897. The van der Waals surface area contributed by atoms with Crippen molar-refractivity contribution in [1.29, 1.82) is 0 Å². The van der Waals surface area contributed by atoms with Gasteiger partial charge in [0.15, 0.2) is 0 Å². The van der Waals surface area contributed by atoms with Gasteiger partial charge >= 0.3 is 0 Å². The van der Waals surface area contributed by atoms with Gasteiger partial charge in [0.05, 0.1) is 0 Å². The van der Waals surface area contributed by atoms with Crippen molar-refractivity contribution in [2.45, 2.75) is 20.3 Å². The zero-order valence-corrected chi connectivity index (χ0v) is 11.7. The fourth-order valence-corrected chi connectivity index (χ4v) is 1.90. The molecular weight excluding hydrogens is 278 g/mol. The average molecular weight is 294 g/mol. The summed E-state index contributed by atoms with van der Waals surface area (Å²) in [6.07, 6.45) is 4.88. The largest absolute Gasteiger partial charge is 0.355 e. The molecule has 17 heavy (non-hydrogen) atoms. The minimum atomic E-state index is 0.897. The lowest BCUT2D eigenvalue weighted by atomic mass is 10.2. The lowest BCUT2D eigenvalue weighted by Crippen LogP contribution is -2.06. The van der Waals surface area contributed by atoms with Gasteiger partial charge in [0.1, 0.15) is 0 Å². The van der Waals surface area contributed by atoms with E-state index in [0.717, 1.165) is 29.1 Å². The van der Waals surface area contributed by atoms with E-state index < -0.39 is 0 Å². The maximum Gasteiger partial charge on any atom is 0.207 e. The SMILES string of the molecule is CCCNc1nccn1-c1ccc(Br)c(C)c1. The number of nitrogens with zero attached hydrogens (tertiary/aromatic N) is 2. The summed E-state index contributed by atoms with van der Waals surface area (Å²) in [5, 5.41) is 3.32. The predicted molar refractivity (Wildman–Crippen MR) is 74.8 cm³/mol. The summed E-state index contributed by atoms with van der Waals surface area (Å²) < 4.78 is 3.19. The fourth-order valence-electron chi connectivity index (χ4n) is 1.66. The van der Waals surface area contributed by atoms with E-state index in [9.17, 15) is 0 Å². The number of nitrogens with one attached hydrogen (secondary N) is 1. The molecule has 3 nitrogen and oxygen atoms in total. The molecule has 90 valence electrons. The lowest BCUT2D eigenvalue weighted by molar-refractivity contribution is 0.936. The number of halogens is 1. The van der Waals surface area contributed by atoms with Crippen molar-refractivity contribution in [3.63, 3.8) is 0 Å². The number of aromatic nitrogens is 2. The average Bonchev–Trinajstić information content (AvgIpc) is 2.78. The van der Waals surface area contributed by atoms with E-state index in [-0.39, 0.29) is 0 Å². The Balaban J connectivity index is 2.32. The topological polar surface area (TPSA) is 29.9 Å². The molecule has 4 heteroatoms. The van der Waals surface area contributed by atoms with Gasteiger partial charge in [-0.2, -0.15) is 0 Å². The highest BCUT2D eigenvalue weighted by atomic mass is 79.9. The molecule has 0 bridgehead atoms. The van der Waals surface area contributed by atoms with Crippen LogP contribution in [0, 0.1) is 6.92 Å². The molecule has 0 spiro atoms. The van der Waals surface area contributed by atoms with Gasteiger partial charge in [0.25, 0.3) is 0 Å². The molecule has 0 atom stereocenters. The molecule has 1 aromatic carbocycles. The zero-order chi connectivity index (χ0) is 12.3. The van der Waals surface area contributed by atoms with E-state index >= 15 is 0 Å². The van der Waals surface area contributed by atoms with Crippen LogP contribution in [0.25, 0.3) is 5.69 Å². The van der Waals surface area contributed by atoms with Crippen LogP contribution in [0.1, 0.15) is 18.9 Å². The Hall–Kier alpha value is -1.29. The summed E-state index contributed by atoms with van der Waals surface area (Å²) in [7, 11) is 0. The van der Waals surface area contributed by atoms with Crippen molar-refractivity contribution in [2.75, 3.05) is 11.9 Å². The third-order valence-electron chi connectivity index (χ3n) is 2.59. The highest BCUT2D eigenvalue weighted by molar-refractivity contribution is 9.10. The van der Waals surface area contributed by atoms with E-state index in [2.05, 4.69) is 62.8 Å². The quantitative estimate of drug-likeness (QED) is 0.930. The Kier molecular flexibility index (Phi) is 3.84. The van der Waals surface area contributed by atoms with E-state index in [4.69, 9.17) is 0 Å². The van der Waals surface area contributed by atoms with Crippen LogP contribution in [0.15, 0.2) is 35.1 Å². The number of hydrogen-bond acceptors (Lipinski definition) is 2. The van der Waals surface area contributed by atoms with Crippen LogP contribution in [-0.2, 0) is 0 Å². The van der Waals surface area contributed by atoms with Crippen LogP contribution in [0.4, 0.5) is 5.95 Å². The van der Waals surface area contributed by atoms with Crippen molar-refractivity contribution in [3.05, 3.63) is 40.6 Å². The van der Waals surface area contributed by atoms with Gasteiger partial charge in [-0.3, -0.25) is 4.57 Å². The number of benzene rings is 1. The van der Waals surface area contributed by atoms with Crippen molar-refractivity contribution in [2.24, 2.45) is 0 Å². The van der Waals surface area contributed by atoms with Gasteiger partial charge in [-0.05, 0) is 37.1 Å². The third-order valence-corrected chi connectivity index (χ3v) is 3.48. The van der Waals surface area contributed by atoms with Crippen LogP contribution in [0.2, 0.25) is 0 Å². The summed E-state index contributed by atoms with van der Waals surface area (Å²) in [6.45, 7) is 5.17. The van der Waals surface area contributed by atoms with E-state index in [1.165, 1.54) is 5.56 Å². The summed E-state index contributed by atoms with van der Waals surface area (Å²) in [5.41, 5.74) is 2.35. The molecule has 0 fully saturated rings. The summed E-state index contributed by atoms with van der Waals surface area (Å²) in [5.74, 6) is 0.897. The Bertz CT molecular complexity index is 505. The summed E-state index contributed by atoms with van der Waals surface area (Å²) in [4.78, 5) is 4.32. The highest BCUT2D eigenvalue weighted by Gasteiger charge is 2.05. The Morgan fingerprint density at radius 2 is 2.24 bits per heavy atom. The predicted octanol–water partition coefficient (Wildman–Crippen LogP) is 3.77. The summed E-state index contributed by atoms with van der Waals surface area (Å²) in [6, 6.07) is 6.28. The Labute approximate surface area is 110 Å². The highest BCUT2D eigenvalue weighted by Crippen LogP contribution is 2.21. The molecule has 1 heterocycles. The molecule has 0 unspecified atom stereocenters. The summed E-state index contributed by atoms with van der Waals surface area (Å²) >= 11 is 3.51. The Morgan fingerprint density at radius 3 is 2.94 bits per heavy atom. The maximum absolute atomic E-state index is 4.32. The van der Waals surface area contributed by atoms with Gasteiger partial charge in [-0.1, -0.05) is 22.9 Å². The Morgan fingerprint density at radius 1 is 1.41 bits per heavy atom. The molecule has 0 amide bonds. The van der Waals surface area contributed by atoms with Gasteiger partial charge in [0.2, 0.25) is 5.95 Å². The smallest absolute Gasteiger partial charge is 0.207 e. The van der Waals surface area contributed by atoms with E-state index in [1.807, 2.05) is 12.4 Å². The molecule has 0 saturated heterocycles. The van der Waals surface area contributed by atoms with Crippen LogP contribution >= 0.6 is 15.9 Å². The van der Waals surface area contributed by atoms with Crippen molar-refractivity contribution < 1.29 is 0 Å². The van der Waals surface area contributed by atoms with Gasteiger partial charge in [-0.25, -0.2) is 4.98 Å². The van der Waals surface area contributed by atoms with E-state index in [0.29, 0.717) is 0 Å². The number of imidazole rings is 1. The first-order valence-corrected chi connectivity index (χ1v) is 6.55. The van der Waals surface area contributed by atoms with Crippen molar-refractivity contribution >= 4 is 21.9 Å². The van der Waals surface area contributed by atoms with Crippen LogP contribution < -0.4 is 5.32 Å².